The molecule has 12 heavy (non-hydrogen) atoms. The summed E-state index contributed by atoms with van der Waals surface area (Å²) in [6, 6.07) is 0. The summed E-state index contributed by atoms with van der Waals surface area (Å²) in [4.78, 5) is 3.64. The molecule has 1 rings (SSSR count). The standard InChI is InChI=1S/C7H11N5/c1-4-6(5(2)12-11-4)7(9)10-3-8/h3,11-12H,1H2,2H3,(H3,8,9,10). The Morgan fingerprint density at radius 2 is 2.33 bits per heavy atom. The van der Waals surface area contributed by atoms with Gasteiger partial charge in [-0.2, -0.15) is 0 Å². The van der Waals surface area contributed by atoms with Gasteiger partial charge in [0.2, 0.25) is 0 Å². The van der Waals surface area contributed by atoms with Gasteiger partial charge in [0.05, 0.1) is 11.3 Å². The van der Waals surface area contributed by atoms with Crippen molar-refractivity contribution in [1.82, 2.24) is 10.9 Å². The van der Waals surface area contributed by atoms with Crippen molar-refractivity contribution in [2.75, 3.05) is 0 Å². The van der Waals surface area contributed by atoms with E-state index in [1.54, 1.807) is 0 Å². The molecule has 5 heteroatoms. The van der Waals surface area contributed by atoms with Crippen LogP contribution in [0.3, 0.4) is 0 Å². The first-order valence-corrected chi connectivity index (χ1v) is 3.41. The monoisotopic (exact) mass is 165 g/mol. The molecular weight excluding hydrogens is 154 g/mol. The fraction of sp³-hybridized carbons (Fsp3) is 0.143. The molecule has 0 saturated carbocycles. The van der Waals surface area contributed by atoms with E-state index in [1.807, 2.05) is 6.92 Å². The molecule has 1 heterocycles. The van der Waals surface area contributed by atoms with Gasteiger partial charge in [-0.25, -0.2) is 4.99 Å². The fourth-order valence-corrected chi connectivity index (χ4v) is 1.00. The van der Waals surface area contributed by atoms with Crippen LogP contribution in [0.2, 0.25) is 0 Å². The van der Waals surface area contributed by atoms with Gasteiger partial charge in [0.25, 0.3) is 0 Å². The molecule has 1 aliphatic rings. The third-order valence-electron chi connectivity index (χ3n) is 1.54. The van der Waals surface area contributed by atoms with Gasteiger partial charge in [-0.15, -0.1) is 0 Å². The maximum atomic E-state index is 6.74. The third-order valence-corrected chi connectivity index (χ3v) is 1.54. The predicted molar refractivity (Wildman–Crippen MR) is 48.5 cm³/mol. The second kappa shape index (κ2) is 3.08. The van der Waals surface area contributed by atoms with Crippen LogP contribution < -0.4 is 16.6 Å². The molecule has 0 aromatic carbocycles. The summed E-state index contributed by atoms with van der Waals surface area (Å²) < 4.78 is 0. The summed E-state index contributed by atoms with van der Waals surface area (Å²) in [5.74, 6) is 0.296. The minimum absolute atomic E-state index is 0.296. The molecule has 0 aliphatic carbocycles. The van der Waals surface area contributed by atoms with Gasteiger partial charge < -0.3 is 16.6 Å². The Kier molecular flexibility index (Phi) is 2.14. The van der Waals surface area contributed by atoms with Crippen molar-refractivity contribution < 1.29 is 0 Å². The summed E-state index contributed by atoms with van der Waals surface area (Å²) >= 11 is 0. The fourth-order valence-electron chi connectivity index (χ4n) is 1.00. The van der Waals surface area contributed by atoms with E-state index in [4.69, 9.17) is 11.1 Å². The van der Waals surface area contributed by atoms with Crippen LogP contribution in [0, 0.1) is 5.41 Å². The molecule has 1 aliphatic heterocycles. The highest BCUT2D eigenvalue weighted by Crippen LogP contribution is 2.13. The zero-order valence-electron chi connectivity index (χ0n) is 6.81. The molecule has 0 radical (unpaired) electrons. The molecular formula is C7H11N5. The zero-order valence-corrected chi connectivity index (χ0v) is 6.81. The van der Waals surface area contributed by atoms with Crippen molar-refractivity contribution in [3.63, 3.8) is 0 Å². The van der Waals surface area contributed by atoms with E-state index in [0.717, 1.165) is 17.6 Å². The van der Waals surface area contributed by atoms with E-state index in [1.165, 1.54) is 0 Å². The third kappa shape index (κ3) is 1.29. The van der Waals surface area contributed by atoms with Gasteiger partial charge in [0, 0.05) is 5.70 Å². The van der Waals surface area contributed by atoms with Crippen LogP contribution in [-0.2, 0) is 0 Å². The van der Waals surface area contributed by atoms with E-state index in [-0.39, 0.29) is 0 Å². The Morgan fingerprint density at radius 1 is 1.67 bits per heavy atom. The number of amidine groups is 1. The molecule has 0 aromatic rings. The maximum Gasteiger partial charge on any atom is 0.136 e. The number of nitrogens with zero attached hydrogens (tertiary/aromatic N) is 1. The molecule has 0 amide bonds. The molecule has 0 unspecified atom stereocenters. The van der Waals surface area contributed by atoms with Crippen LogP contribution in [0.25, 0.3) is 0 Å². The molecule has 5 N–H and O–H groups in total. The van der Waals surface area contributed by atoms with E-state index < -0.39 is 0 Å². The Hall–Kier alpha value is -1.78. The van der Waals surface area contributed by atoms with E-state index in [2.05, 4.69) is 22.4 Å². The lowest BCUT2D eigenvalue weighted by molar-refractivity contribution is 0.751. The van der Waals surface area contributed by atoms with Crippen molar-refractivity contribution in [2.45, 2.75) is 6.92 Å². The second-order valence-electron chi connectivity index (χ2n) is 2.37. The van der Waals surface area contributed by atoms with E-state index in [9.17, 15) is 0 Å². The average Bonchev–Trinajstić information content (AvgIpc) is 2.32. The lowest BCUT2D eigenvalue weighted by atomic mass is 10.2. The number of nitrogens with one attached hydrogen (secondary N) is 3. The van der Waals surface area contributed by atoms with Gasteiger partial charge in [-0.05, 0) is 6.92 Å². The number of aliphatic imine (C=N–C) groups is 1. The molecule has 0 saturated heterocycles. The van der Waals surface area contributed by atoms with Crippen LogP contribution in [0.4, 0.5) is 0 Å². The molecule has 0 bridgehead atoms. The highest BCUT2D eigenvalue weighted by molar-refractivity contribution is 6.04. The first-order valence-electron chi connectivity index (χ1n) is 3.41. The minimum Gasteiger partial charge on any atom is -0.383 e. The molecule has 5 nitrogen and oxygen atoms in total. The van der Waals surface area contributed by atoms with Crippen molar-refractivity contribution in [3.8, 4) is 0 Å². The van der Waals surface area contributed by atoms with Crippen LogP contribution in [0.5, 0.6) is 0 Å². The summed E-state index contributed by atoms with van der Waals surface area (Å²) in [6.07, 6.45) is 0.904. The van der Waals surface area contributed by atoms with Gasteiger partial charge in [0.15, 0.2) is 0 Å². The first kappa shape index (κ1) is 8.32. The van der Waals surface area contributed by atoms with Crippen molar-refractivity contribution in [2.24, 2.45) is 10.7 Å². The van der Waals surface area contributed by atoms with Crippen LogP contribution in [-0.4, -0.2) is 12.2 Å². The molecule has 0 spiro atoms. The number of allylic oxidation sites excluding steroid dienone is 1. The van der Waals surface area contributed by atoms with Gasteiger partial charge in [0.1, 0.15) is 12.2 Å². The topological polar surface area (TPSA) is 86.3 Å². The summed E-state index contributed by atoms with van der Waals surface area (Å²) in [5.41, 5.74) is 13.5. The van der Waals surface area contributed by atoms with Gasteiger partial charge in [-0.3, -0.25) is 5.41 Å². The van der Waals surface area contributed by atoms with Crippen LogP contribution >= 0.6 is 0 Å². The Balaban J connectivity index is 3.01. The maximum absolute atomic E-state index is 6.74. The number of hydrogen-bond acceptors (Lipinski definition) is 3. The molecule has 64 valence electrons. The van der Waals surface area contributed by atoms with Gasteiger partial charge >= 0.3 is 0 Å². The normalized spacial score (nSPS) is 17.4. The van der Waals surface area contributed by atoms with E-state index in [0.29, 0.717) is 11.5 Å². The quantitative estimate of drug-likeness (QED) is 0.339. The first-order chi connectivity index (χ1) is 5.66. The second-order valence-corrected chi connectivity index (χ2v) is 2.37. The average molecular weight is 165 g/mol. The minimum atomic E-state index is 0.296. The summed E-state index contributed by atoms with van der Waals surface area (Å²) in [6.45, 7) is 5.58. The number of hydrogen-bond donors (Lipinski definition) is 4. The lowest BCUT2D eigenvalue weighted by Crippen LogP contribution is -2.21. The Bertz CT molecular complexity index is 286. The van der Waals surface area contributed by atoms with Crippen molar-refractivity contribution >= 4 is 12.2 Å². The summed E-state index contributed by atoms with van der Waals surface area (Å²) in [5, 5.41) is 6.74. The highest BCUT2D eigenvalue weighted by Gasteiger charge is 2.16. The van der Waals surface area contributed by atoms with Crippen molar-refractivity contribution in [3.05, 3.63) is 23.5 Å². The zero-order chi connectivity index (χ0) is 9.14. The van der Waals surface area contributed by atoms with Crippen LogP contribution in [0.15, 0.2) is 28.5 Å². The van der Waals surface area contributed by atoms with Crippen molar-refractivity contribution in [1.29, 1.82) is 5.41 Å². The number of rotatable bonds is 2. The Morgan fingerprint density at radius 3 is 2.75 bits per heavy atom. The summed E-state index contributed by atoms with van der Waals surface area (Å²) in [7, 11) is 0. The molecule has 0 atom stereocenters. The predicted octanol–water partition coefficient (Wildman–Crippen LogP) is -0.154. The lowest BCUT2D eigenvalue weighted by Gasteiger charge is -2.00. The Labute approximate surface area is 70.5 Å². The highest BCUT2D eigenvalue weighted by atomic mass is 15.4. The molecule has 0 fully saturated rings. The van der Waals surface area contributed by atoms with E-state index >= 15 is 0 Å². The van der Waals surface area contributed by atoms with Gasteiger partial charge in [-0.1, -0.05) is 6.58 Å². The smallest absolute Gasteiger partial charge is 0.136 e. The number of nitrogens with two attached hydrogens (primary N) is 1. The largest absolute Gasteiger partial charge is 0.383 e. The molecule has 0 aromatic heterocycles. The van der Waals surface area contributed by atoms with Crippen LogP contribution in [0.1, 0.15) is 6.92 Å². The SMILES string of the molecule is C=C1NNC(C)=C1C(N)=NC=N. The number of hydrazine groups is 1.